The van der Waals surface area contributed by atoms with Crippen LogP contribution < -0.4 is 10.5 Å². The minimum Gasteiger partial charge on any atom is -0.489 e. The fraction of sp³-hybridized carbons (Fsp3) is 0.154. The lowest BCUT2D eigenvalue weighted by Crippen LogP contribution is -2.03. The molecule has 0 atom stereocenters. The van der Waals surface area contributed by atoms with Crippen molar-refractivity contribution >= 4 is 0 Å². The van der Waals surface area contributed by atoms with Crippen molar-refractivity contribution in [3.63, 3.8) is 0 Å². The van der Waals surface area contributed by atoms with E-state index in [0.29, 0.717) is 17.9 Å². The Balaban J connectivity index is 2.09. The fourth-order valence-corrected chi connectivity index (χ4v) is 1.49. The number of halogens is 1. The average Bonchev–Trinajstić information content (AvgIpc) is 2.38. The lowest BCUT2D eigenvalue weighted by molar-refractivity contribution is 0.302. The van der Waals surface area contributed by atoms with Gasteiger partial charge in [0.25, 0.3) is 0 Å². The molecule has 88 valence electrons. The number of ether oxygens (including phenoxy) is 1. The van der Waals surface area contributed by atoms with Crippen molar-refractivity contribution in [2.45, 2.75) is 13.2 Å². The highest BCUT2D eigenvalue weighted by molar-refractivity contribution is 5.34. The first-order valence-electron chi connectivity index (χ1n) is 5.30. The van der Waals surface area contributed by atoms with E-state index < -0.39 is 0 Å². The van der Waals surface area contributed by atoms with E-state index in [1.54, 1.807) is 18.5 Å². The van der Waals surface area contributed by atoms with Gasteiger partial charge in [-0.1, -0.05) is 6.07 Å². The fourth-order valence-electron chi connectivity index (χ4n) is 1.49. The van der Waals surface area contributed by atoms with Gasteiger partial charge in [-0.25, -0.2) is 4.39 Å². The highest BCUT2D eigenvalue weighted by Gasteiger charge is 2.04. The number of benzene rings is 1. The summed E-state index contributed by atoms with van der Waals surface area (Å²) in [4.78, 5) is 3.99. The number of pyridine rings is 1. The Morgan fingerprint density at radius 3 is 2.88 bits per heavy atom. The van der Waals surface area contributed by atoms with E-state index in [2.05, 4.69) is 4.98 Å². The summed E-state index contributed by atoms with van der Waals surface area (Å²) >= 11 is 0. The summed E-state index contributed by atoms with van der Waals surface area (Å²) in [5.41, 5.74) is 7.15. The van der Waals surface area contributed by atoms with E-state index in [9.17, 15) is 4.39 Å². The lowest BCUT2D eigenvalue weighted by Gasteiger charge is -2.10. The maximum atomic E-state index is 13.0. The Morgan fingerprint density at radius 1 is 1.29 bits per heavy atom. The summed E-state index contributed by atoms with van der Waals surface area (Å²) in [6, 6.07) is 8.09. The van der Waals surface area contributed by atoms with Crippen LogP contribution in [-0.4, -0.2) is 4.98 Å². The van der Waals surface area contributed by atoms with Crippen molar-refractivity contribution in [1.29, 1.82) is 0 Å². The van der Waals surface area contributed by atoms with Gasteiger partial charge in [0.1, 0.15) is 18.2 Å². The molecule has 4 heteroatoms. The molecule has 1 heterocycles. The first-order chi connectivity index (χ1) is 8.29. The molecule has 0 unspecified atom stereocenters. The molecule has 2 aromatic rings. The SMILES string of the molecule is NCc1cc(F)ccc1OCc1cccnc1. The van der Waals surface area contributed by atoms with Gasteiger partial charge < -0.3 is 10.5 Å². The van der Waals surface area contributed by atoms with Crippen molar-refractivity contribution < 1.29 is 9.13 Å². The number of nitrogens with zero attached hydrogens (tertiary/aromatic N) is 1. The number of nitrogens with two attached hydrogens (primary N) is 1. The van der Waals surface area contributed by atoms with Crippen LogP contribution in [-0.2, 0) is 13.2 Å². The molecule has 2 N–H and O–H groups in total. The largest absolute Gasteiger partial charge is 0.489 e. The molecule has 0 aliphatic carbocycles. The summed E-state index contributed by atoms with van der Waals surface area (Å²) in [5.74, 6) is 0.303. The quantitative estimate of drug-likeness (QED) is 0.879. The Bertz CT molecular complexity index is 488. The Hall–Kier alpha value is -1.94. The molecule has 0 saturated carbocycles. The van der Waals surface area contributed by atoms with Crippen molar-refractivity contribution in [1.82, 2.24) is 4.98 Å². The second-order valence-electron chi connectivity index (χ2n) is 3.61. The zero-order valence-electron chi connectivity index (χ0n) is 9.27. The molecule has 1 aromatic carbocycles. The third-order valence-electron chi connectivity index (χ3n) is 2.36. The van der Waals surface area contributed by atoms with E-state index >= 15 is 0 Å². The predicted octanol–water partition coefficient (Wildman–Crippen LogP) is 2.26. The molecule has 0 aliphatic rings. The van der Waals surface area contributed by atoms with E-state index in [0.717, 1.165) is 5.56 Å². The predicted molar refractivity (Wildman–Crippen MR) is 62.9 cm³/mol. The third kappa shape index (κ3) is 3.01. The molecule has 0 radical (unpaired) electrons. The van der Waals surface area contributed by atoms with Crippen molar-refractivity contribution in [3.8, 4) is 5.75 Å². The van der Waals surface area contributed by atoms with Gasteiger partial charge in [-0.15, -0.1) is 0 Å². The average molecular weight is 232 g/mol. The molecular weight excluding hydrogens is 219 g/mol. The zero-order chi connectivity index (χ0) is 12.1. The van der Waals surface area contributed by atoms with Crippen LogP contribution >= 0.6 is 0 Å². The standard InChI is InChI=1S/C13H13FN2O/c14-12-3-4-13(11(6-12)7-15)17-9-10-2-1-5-16-8-10/h1-6,8H,7,9,15H2. The molecule has 0 amide bonds. The number of hydrogen-bond donors (Lipinski definition) is 1. The van der Waals surface area contributed by atoms with Gasteiger partial charge in [0, 0.05) is 30.1 Å². The first kappa shape index (κ1) is 11.5. The zero-order valence-corrected chi connectivity index (χ0v) is 9.27. The van der Waals surface area contributed by atoms with Crippen molar-refractivity contribution in [2.24, 2.45) is 5.73 Å². The first-order valence-corrected chi connectivity index (χ1v) is 5.30. The smallest absolute Gasteiger partial charge is 0.124 e. The lowest BCUT2D eigenvalue weighted by atomic mass is 10.2. The topological polar surface area (TPSA) is 48.1 Å². The van der Waals surface area contributed by atoms with Crippen LogP contribution in [0, 0.1) is 5.82 Å². The molecule has 0 fully saturated rings. The third-order valence-corrected chi connectivity index (χ3v) is 2.36. The van der Waals surface area contributed by atoms with E-state index in [-0.39, 0.29) is 12.4 Å². The molecule has 0 aliphatic heterocycles. The minimum absolute atomic E-state index is 0.250. The van der Waals surface area contributed by atoms with Gasteiger partial charge in [-0.2, -0.15) is 0 Å². The van der Waals surface area contributed by atoms with Crippen LogP contribution in [0.5, 0.6) is 5.75 Å². The molecule has 3 nitrogen and oxygen atoms in total. The van der Waals surface area contributed by atoms with Crippen LogP contribution in [0.3, 0.4) is 0 Å². The van der Waals surface area contributed by atoms with Gasteiger partial charge in [-0.05, 0) is 24.3 Å². The monoisotopic (exact) mass is 232 g/mol. The molecule has 17 heavy (non-hydrogen) atoms. The Labute approximate surface area is 99.1 Å². The van der Waals surface area contributed by atoms with Crippen LogP contribution in [0.25, 0.3) is 0 Å². The van der Waals surface area contributed by atoms with Gasteiger partial charge in [0.2, 0.25) is 0 Å². The van der Waals surface area contributed by atoms with Gasteiger partial charge in [-0.3, -0.25) is 4.98 Å². The number of aromatic nitrogens is 1. The van der Waals surface area contributed by atoms with Crippen LogP contribution in [0.4, 0.5) is 4.39 Å². The molecule has 0 spiro atoms. The highest BCUT2D eigenvalue weighted by Crippen LogP contribution is 2.20. The van der Waals surface area contributed by atoms with Crippen LogP contribution in [0.15, 0.2) is 42.7 Å². The van der Waals surface area contributed by atoms with Gasteiger partial charge >= 0.3 is 0 Å². The van der Waals surface area contributed by atoms with Gasteiger partial charge in [0.15, 0.2) is 0 Å². The second-order valence-corrected chi connectivity index (χ2v) is 3.61. The summed E-state index contributed by atoms with van der Waals surface area (Å²) < 4.78 is 18.6. The summed E-state index contributed by atoms with van der Waals surface area (Å²) in [5, 5.41) is 0. The molecule has 2 rings (SSSR count). The minimum atomic E-state index is -0.306. The van der Waals surface area contributed by atoms with Crippen LogP contribution in [0.1, 0.15) is 11.1 Å². The second kappa shape index (κ2) is 5.41. The Kier molecular flexibility index (Phi) is 3.67. The maximum absolute atomic E-state index is 13.0. The highest BCUT2D eigenvalue weighted by atomic mass is 19.1. The van der Waals surface area contributed by atoms with E-state index in [4.69, 9.17) is 10.5 Å². The van der Waals surface area contributed by atoms with E-state index in [1.807, 2.05) is 12.1 Å². The summed E-state index contributed by atoms with van der Waals surface area (Å²) in [6.45, 7) is 0.645. The molecule has 1 aromatic heterocycles. The molecule has 0 bridgehead atoms. The van der Waals surface area contributed by atoms with Crippen molar-refractivity contribution in [3.05, 3.63) is 59.7 Å². The normalized spacial score (nSPS) is 10.2. The molecule has 0 saturated heterocycles. The number of rotatable bonds is 4. The van der Waals surface area contributed by atoms with E-state index in [1.165, 1.54) is 12.1 Å². The summed E-state index contributed by atoms with van der Waals surface area (Å²) in [6.07, 6.45) is 3.43. The Morgan fingerprint density at radius 2 is 2.18 bits per heavy atom. The van der Waals surface area contributed by atoms with Crippen molar-refractivity contribution in [2.75, 3.05) is 0 Å². The van der Waals surface area contributed by atoms with Gasteiger partial charge in [0.05, 0.1) is 0 Å². The maximum Gasteiger partial charge on any atom is 0.124 e. The van der Waals surface area contributed by atoms with Crippen LogP contribution in [0.2, 0.25) is 0 Å². The molecular formula is C13H13FN2O. The number of hydrogen-bond acceptors (Lipinski definition) is 3. The summed E-state index contributed by atoms with van der Waals surface area (Å²) in [7, 11) is 0.